The number of nitrogens with zero attached hydrogens (tertiary/aromatic N) is 3. The monoisotopic (exact) mass is 285 g/mol. The highest BCUT2D eigenvalue weighted by Gasteiger charge is 2.47. The van der Waals surface area contributed by atoms with Crippen LogP contribution in [0.5, 0.6) is 0 Å². The molecule has 0 amide bonds. The van der Waals surface area contributed by atoms with Gasteiger partial charge in [-0.25, -0.2) is 9.98 Å². The smallest absolute Gasteiger partial charge is 0.158 e. The maximum absolute atomic E-state index is 6.61. The molecular formula is C14H15N5S. The van der Waals surface area contributed by atoms with E-state index in [9.17, 15) is 0 Å². The van der Waals surface area contributed by atoms with Gasteiger partial charge in [-0.3, -0.25) is 4.99 Å². The summed E-state index contributed by atoms with van der Waals surface area (Å²) in [4.78, 5) is 13.2. The molecule has 2 aliphatic heterocycles. The van der Waals surface area contributed by atoms with E-state index in [4.69, 9.17) is 11.5 Å². The molecule has 102 valence electrons. The number of benzene rings is 1. The zero-order valence-corrected chi connectivity index (χ0v) is 11.7. The Morgan fingerprint density at radius 2 is 1.90 bits per heavy atom. The molecule has 6 heteroatoms. The molecule has 1 aliphatic carbocycles. The fourth-order valence-corrected chi connectivity index (χ4v) is 3.97. The number of thioether (sulfide) groups is 1. The average molecular weight is 285 g/mol. The Morgan fingerprint density at radius 1 is 1.20 bits per heavy atom. The minimum absolute atomic E-state index is 0.214. The topological polar surface area (TPSA) is 89.1 Å². The lowest BCUT2D eigenvalue weighted by molar-refractivity contribution is 0.386. The zero-order chi connectivity index (χ0) is 13.7. The van der Waals surface area contributed by atoms with Crippen molar-refractivity contribution in [2.45, 2.75) is 24.0 Å². The molecule has 2 unspecified atom stereocenters. The molecule has 2 heterocycles. The SMILES string of the molecule is NC1N=C2C(=NC=NC2(N)C2Cc3ccccc3C2)S1. The van der Waals surface area contributed by atoms with E-state index in [2.05, 4.69) is 39.2 Å². The molecule has 0 fully saturated rings. The maximum atomic E-state index is 6.61. The lowest BCUT2D eigenvalue weighted by Gasteiger charge is -2.32. The van der Waals surface area contributed by atoms with E-state index >= 15 is 0 Å². The summed E-state index contributed by atoms with van der Waals surface area (Å²) in [5.41, 5.74) is 14.9. The maximum Gasteiger partial charge on any atom is 0.158 e. The second kappa shape index (κ2) is 4.25. The van der Waals surface area contributed by atoms with Crippen molar-refractivity contribution in [1.29, 1.82) is 0 Å². The molecular weight excluding hydrogens is 270 g/mol. The number of rotatable bonds is 1. The van der Waals surface area contributed by atoms with Gasteiger partial charge in [-0.05, 0) is 24.0 Å². The molecule has 4 N–H and O–H groups in total. The predicted octanol–water partition coefficient (Wildman–Crippen LogP) is 0.927. The fourth-order valence-electron chi connectivity index (χ4n) is 3.15. The van der Waals surface area contributed by atoms with Crippen LogP contribution in [0.3, 0.4) is 0 Å². The van der Waals surface area contributed by atoms with E-state index in [1.54, 1.807) is 6.34 Å². The van der Waals surface area contributed by atoms with Gasteiger partial charge >= 0.3 is 0 Å². The number of hydrogen-bond donors (Lipinski definition) is 2. The molecule has 0 saturated carbocycles. The Balaban J connectivity index is 1.71. The highest BCUT2D eigenvalue weighted by Crippen LogP contribution is 2.38. The fraction of sp³-hybridized carbons (Fsp3) is 0.357. The van der Waals surface area contributed by atoms with Crippen LogP contribution < -0.4 is 11.5 Å². The zero-order valence-electron chi connectivity index (χ0n) is 10.9. The molecule has 2 atom stereocenters. The standard InChI is InChI=1S/C14H15N5S/c15-13-19-11-12(20-13)17-7-18-14(11,16)10-5-8-3-1-2-4-9(8)6-10/h1-4,7,10,13H,5-6,15-16H2. The first-order valence-electron chi connectivity index (χ1n) is 6.65. The van der Waals surface area contributed by atoms with E-state index in [0.717, 1.165) is 23.6 Å². The van der Waals surface area contributed by atoms with Crippen molar-refractivity contribution in [1.82, 2.24) is 0 Å². The summed E-state index contributed by atoms with van der Waals surface area (Å²) >= 11 is 1.45. The highest BCUT2D eigenvalue weighted by atomic mass is 32.2. The molecule has 0 bridgehead atoms. The van der Waals surface area contributed by atoms with Crippen molar-refractivity contribution in [3.8, 4) is 0 Å². The Hall–Kier alpha value is -1.50. The summed E-state index contributed by atoms with van der Waals surface area (Å²) in [5, 5.41) is 0.825. The summed E-state index contributed by atoms with van der Waals surface area (Å²) in [5.74, 6) is 0.214. The van der Waals surface area contributed by atoms with Crippen molar-refractivity contribution in [2.75, 3.05) is 0 Å². The normalized spacial score (nSPS) is 31.8. The van der Waals surface area contributed by atoms with Crippen LogP contribution in [0.4, 0.5) is 0 Å². The van der Waals surface area contributed by atoms with Crippen molar-refractivity contribution < 1.29 is 0 Å². The van der Waals surface area contributed by atoms with Crippen LogP contribution in [0.25, 0.3) is 0 Å². The van der Waals surface area contributed by atoms with Crippen LogP contribution in [0, 0.1) is 5.92 Å². The van der Waals surface area contributed by atoms with Crippen LogP contribution in [0.1, 0.15) is 11.1 Å². The van der Waals surface area contributed by atoms with Crippen molar-refractivity contribution in [3.05, 3.63) is 35.4 Å². The summed E-state index contributed by atoms with van der Waals surface area (Å²) in [7, 11) is 0. The van der Waals surface area contributed by atoms with Crippen LogP contribution in [-0.2, 0) is 12.8 Å². The van der Waals surface area contributed by atoms with Gasteiger partial charge in [0.15, 0.2) is 11.2 Å². The summed E-state index contributed by atoms with van der Waals surface area (Å²) in [6.45, 7) is 0. The molecule has 1 aromatic carbocycles. The minimum Gasteiger partial charge on any atom is -0.302 e. The first-order chi connectivity index (χ1) is 9.67. The van der Waals surface area contributed by atoms with E-state index in [1.165, 1.54) is 22.9 Å². The summed E-state index contributed by atoms with van der Waals surface area (Å²) in [6, 6.07) is 8.47. The second-order valence-corrected chi connectivity index (χ2v) is 6.47. The number of aliphatic imine (C=N–C) groups is 3. The minimum atomic E-state index is -0.794. The van der Waals surface area contributed by atoms with Crippen molar-refractivity contribution >= 4 is 28.9 Å². The molecule has 0 aromatic heterocycles. The Kier molecular flexibility index (Phi) is 2.60. The molecule has 0 saturated heterocycles. The van der Waals surface area contributed by atoms with Gasteiger partial charge in [-0.15, -0.1) is 0 Å². The highest BCUT2D eigenvalue weighted by molar-refractivity contribution is 8.16. The van der Waals surface area contributed by atoms with Gasteiger partial charge in [0, 0.05) is 5.92 Å². The Bertz CT molecular complexity index is 640. The summed E-state index contributed by atoms with van der Waals surface area (Å²) < 4.78 is 0. The Labute approximate surface area is 121 Å². The number of fused-ring (bicyclic) bond motifs is 2. The van der Waals surface area contributed by atoms with E-state index < -0.39 is 5.66 Å². The third-order valence-electron chi connectivity index (χ3n) is 4.19. The molecule has 0 spiro atoms. The Morgan fingerprint density at radius 3 is 2.60 bits per heavy atom. The van der Waals surface area contributed by atoms with Gasteiger partial charge in [0.1, 0.15) is 17.1 Å². The molecule has 0 radical (unpaired) electrons. The third-order valence-corrected chi connectivity index (χ3v) is 5.06. The van der Waals surface area contributed by atoms with Crippen LogP contribution in [-0.4, -0.2) is 28.3 Å². The molecule has 1 aromatic rings. The molecule has 5 nitrogen and oxygen atoms in total. The predicted molar refractivity (Wildman–Crippen MR) is 83.2 cm³/mol. The van der Waals surface area contributed by atoms with Gasteiger partial charge in [0.05, 0.1) is 0 Å². The lowest BCUT2D eigenvalue weighted by atomic mass is 9.86. The molecule has 4 rings (SSSR count). The average Bonchev–Trinajstić information content (AvgIpc) is 3.02. The van der Waals surface area contributed by atoms with E-state index in [-0.39, 0.29) is 11.4 Å². The van der Waals surface area contributed by atoms with Gasteiger partial charge in [0.2, 0.25) is 0 Å². The van der Waals surface area contributed by atoms with Crippen LogP contribution in [0.15, 0.2) is 39.2 Å². The van der Waals surface area contributed by atoms with Gasteiger partial charge in [-0.1, -0.05) is 36.0 Å². The number of nitrogens with two attached hydrogens (primary N) is 2. The molecule has 3 aliphatic rings. The van der Waals surface area contributed by atoms with Crippen LogP contribution >= 0.6 is 11.8 Å². The second-order valence-electron chi connectivity index (χ2n) is 5.36. The first-order valence-corrected chi connectivity index (χ1v) is 7.53. The number of hydrogen-bond acceptors (Lipinski definition) is 6. The summed E-state index contributed by atoms with van der Waals surface area (Å²) in [6.07, 6.45) is 3.41. The van der Waals surface area contributed by atoms with Gasteiger partial charge in [0.25, 0.3) is 0 Å². The van der Waals surface area contributed by atoms with E-state index in [1.807, 2.05) is 0 Å². The van der Waals surface area contributed by atoms with Crippen LogP contribution in [0.2, 0.25) is 0 Å². The van der Waals surface area contributed by atoms with Crippen molar-refractivity contribution in [2.24, 2.45) is 32.4 Å². The quantitative estimate of drug-likeness (QED) is 0.804. The third kappa shape index (κ3) is 1.69. The molecule has 20 heavy (non-hydrogen) atoms. The van der Waals surface area contributed by atoms with E-state index in [0.29, 0.717) is 0 Å². The lowest BCUT2D eigenvalue weighted by Crippen LogP contribution is -2.55. The van der Waals surface area contributed by atoms with Gasteiger partial charge < -0.3 is 11.5 Å². The first kappa shape index (κ1) is 12.3. The largest absolute Gasteiger partial charge is 0.302 e. The van der Waals surface area contributed by atoms with Gasteiger partial charge in [-0.2, -0.15) is 0 Å². The van der Waals surface area contributed by atoms with Crippen molar-refractivity contribution in [3.63, 3.8) is 0 Å².